The number of nitrogens with one attached hydrogen (secondary N) is 1. The van der Waals surface area contributed by atoms with Gasteiger partial charge in [0.05, 0.1) is 18.1 Å². The lowest BCUT2D eigenvalue weighted by atomic mass is 10.0. The molecule has 0 saturated carbocycles. The molecule has 0 heterocycles. The molecule has 7 nitrogen and oxygen atoms in total. The van der Waals surface area contributed by atoms with Crippen LogP contribution in [0.2, 0.25) is 0 Å². The highest BCUT2D eigenvalue weighted by Crippen LogP contribution is 2.30. The Morgan fingerprint density at radius 3 is 2.58 bits per heavy atom. The third kappa shape index (κ3) is 4.72. The van der Waals surface area contributed by atoms with Crippen molar-refractivity contribution in [1.29, 1.82) is 0 Å². The van der Waals surface area contributed by atoms with E-state index in [4.69, 9.17) is 9.47 Å². The van der Waals surface area contributed by atoms with Crippen molar-refractivity contribution in [2.24, 2.45) is 0 Å². The highest BCUT2D eigenvalue weighted by Gasteiger charge is 2.18. The third-order valence-electron chi connectivity index (χ3n) is 3.83. The molecule has 0 saturated heterocycles. The molecule has 2 rings (SSSR count). The average Bonchev–Trinajstić information content (AvgIpc) is 2.59. The van der Waals surface area contributed by atoms with Gasteiger partial charge in [-0.3, -0.25) is 14.9 Å². The minimum Gasteiger partial charge on any atom is -0.496 e. The van der Waals surface area contributed by atoms with Crippen molar-refractivity contribution >= 4 is 17.3 Å². The predicted octanol–water partition coefficient (Wildman–Crippen LogP) is 4.05. The summed E-state index contributed by atoms with van der Waals surface area (Å²) in [7, 11) is 1.42. The van der Waals surface area contributed by atoms with E-state index in [1.807, 2.05) is 39.0 Å². The van der Waals surface area contributed by atoms with Crippen LogP contribution in [0.3, 0.4) is 0 Å². The van der Waals surface area contributed by atoms with Crippen LogP contribution in [-0.2, 0) is 4.79 Å². The minimum atomic E-state index is -0.573. The maximum atomic E-state index is 12.2. The first-order chi connectivity index (χ1) is 12.3. The molecule has 0 aromatic heterocycles. The number of aryl methyl sites for hydroxylation is 1. The summed E-state index contributed by atoms with van der Waals surface area (Å²) in [6, 6.07) is 10.1. The van der Waals surface area contributed by atoms with Gasteiger partial charge in [0.15, 0.2) is 6.61 Å². The Kier molecular flexibility index (Phi) is 6.16. The quantitative estimate of drug-likeness (QED) is 0.595. The molecule has 138 valence electrons. The fourth-order valence-corrected chi connectivity index (χ4v) is 2.47. The first kappa shape index (κ1) is 19.2. The van der Waals surface area contributed by atoms with Gasteiger partial charge in [-0.1, -0.05) is 26.0 Å². The molecule has 0 spiro atoms. The Morgan fingerprint density at radius 2 is 1.96 bits per heavy atom. The molecule has 1 N–H and O–H groups in total. The molecule has 0 unspecified atom stereocenters. The molecule has 0 radical (unpaired) electrons. The van der Waals surface area contributed by atoms with Crippen LogP contribution in [0.1, 0.15) is 30.9 Å². The number of carbonyl (C=O) groups is 1. The largest absolute Gasteiger partial charge is 0.496 e. The van der Waals surface area contributed by atoms with Crippen LogP contribution < -0.4 is 14.8 Å². The van der Waals surface area contributed by atoms with E-state index in [1.54, 1.807) is 6.07 Å². The maximum Gasteiger partial charge on any atom is 0.296 e. The van der Waals surface area contributed by atoms with Gasteiger partial charge in [-0.15, -0.1) is 0 Å². The van der Waals surface area contributed by atoms with E-state index in [9.17, 15) is 14.9 Å². The standard InChI is InChI=1S/C19H22N2O5/c1-12(2)15-7-5-13(3)9-18(15)26-11-19(22)20-16-8-6-14(25-4)10-17(16)21(23)24/h5-10,12H,11H2,1-4H3,(H,20,22). The maximum absolute atomic E-state index is 12.2. The Balaban J connectivity index is 2.11. The Bertz CT molecular complexity index is 818. The zero-order valence-corrected chi connectivity index (χ0v) is 15.2. The molecule has 7 heteroatoms. The molecular weight excluding hydrogens is 336 g/mol. The molecule has 1 amide bonds. The molecule has 0 aliphatic carbocycles. The first-order valence-corrected chi connectivity index (χ1v) is 8.17. The van der Waals surface area contributed by atoms with E-state index >= 15 is 0 Å². The van der Waals surface area contributed by atoms with E-state index in [0.717, 1.165) is 11.1 Å². The molecule has 0 bridgehead atoms. The summed E-state index contributed by atoms with van der Waals surface area (Å²) in [6.45, 7) is 5.78. The predicted molar refractivity (Wildman–Crippen MR) is 99.0 cm³/mol. The van der Waals surface area contributed by atoms with Crippen molar-refractivity contribution < 1.29 is 19.2 Å². The van der Waals surface area contributed by atoms with Crippen LogP contribution in [0.4, 0.5) is 11.4 Å². The second-order valence-corrected chi connectivity index (χ2v) is 6.17. The smallest absolute Gasteiger partial charge is 0.296 e. The molecule has 2 aromatic carbocycles. The number of nitro benzene ring substituents is 1. The van der Waals surface area contributed by atoms with Crippen LogP contribution in [0, 0.1) is 17.0 Å². The van der Waals surface area contributed by atoms with Gasteiger partial charge in [0.1, 0.15) is 17.2 Å². The van der Waals surface area contributed by atoms with Gasteiger partial charge in [-0.25, -0.2) is 0 Å². The van der Waals surface area contributed by atoms with E-state index in [-0.39, 0.29) is 23.9 Å². The fourth-order valence-electron chi connectivity index (χ4n) is 2.47. The van der Waals surface area contributed by atoms with E-state index in [0.29, 0.717) is 11.5 Å². The lowest BCUT2D eigenvalue weighted by molar-refractivity contribution is -0.384. The number of carbonyl (C=O) groups excluding carboxylic acids is 1. The number of amides is 1. The summed E-state index contributed by atoms with van der Waals surface area (Å²) in [6.07, 6.45) is 0. The summed E-state index contributed by atoms with van der Waals surface area (Å²) in [5, 5.41) is 13.7. The van der Waals surface area contributed by atoms with Gasteiger partial charge in [0.2, 0.25) is 0 Å². The van der Waals surface area contributed by atoms with E-state index in [2.05, 4.69) is 5.32 Å². The molecule has 0 aliphatic heterocycles. The monoisotopic (exact) mass is 358 g/mol. The highest BCUT2D eigenvalue weighted by atomic mass is 16.6. The Morgan fingerprint density at radius 1 is 1.23 bits per heavy atom. The highest BCUT2D eigenvalue weighted by molar-refractivity contribution is 5.94. The number of rotatable bonds is 7. The van der Waals surface area contributed by atoms with Gasteiger partial charge >= 0.3 is 0 Å². The minimum absolute atomic E-state index is 0.0951. The number of anilines is 1. The second-order valence-electron chi connectivity index (χ2n) is 6.17. The number of benzene rings is 2. The van der Waals surface area contributed by atoms with Crippen LogP contribution in [0.15, 0.2) is 36.4 Å². The number of ether oxygens (including phenoxy) is 2. The van der Waals surface area contributed by atoms with Gasteiger partial charge in [-0.05, 0) is 42.2 Å². The average molecular weight is 358 g/mol. The van der Waals surface area contributed by atoms with Crippen LogP contribution in [0.5, 0.6) is 11.5 Å². The lowest BCUT2D eigenvalue weighted by Crippen LogP contribution is -2.21. The number of methoxy groups -OCH3 is 1. The first-order valence-electron chi connectivity index (χ1n) is 8.17. The van der Waals surface area contributed by atoms with Crippen molar-refractivity contribution in [2.45, 2.75) is 26.7 Å². The molecule has 26 heavy (non-hydrogen) atoms. The number of hydrogen-bond donors (Lipinski definition) is 1. The van der Waals surface area contributed by atoms with Crippen molar-refractivity contribution in [3.05, 3.63) is 57.6 Å². The SMILES string of the molecule is COc1ccc(NC(=O)COc2cc(C)ccc2C(C)C)c([N+](=O)[O-])c1. The van der Waals surface area contributed by atoms with Crippen LogP contribution in [-0.4, -0.2) is 24.5 Å². The topological polar surface area (TPSA) is 90.7 Å². The summed E-state index contributed by atoms with van der Waals surface area (Å²) in [5.74, 6) is 0.748. The van der Waals surface area contributed by atoms with E-state index in [1.165, 1.54) is 19.2 Å². The van der Waals surface area contributed by atoms with Crippen molar-refractivity contribution in [3.63, 3.8) is 0 Å². The van der Waals surface area contributed by atoms with Crippen molar-refractivity contribution in [3.8, 4) is 11.5 Å². The molecule has 0 atom stereocenters. The van der Waals surface area contributed by atoms with Gasteiger partial charge in [0.25, 0.3) is 11.6 Å². The van der Waals surface area contributed by atoms with Crippen molar-refractivity contribution in [2.75, 3.05) is 19.0 Å². The van der Waals surface area contributed by atoms with Gasteiger partial charge < -0.3 is 14.8 Å². The number of nitrogens with zero attached hydrogens (tertiary/aromatic N) is 1. The zero-order chi connectivity index (χ0) is 19.3. The van der Waals surface area contributed by atoms with E-state index < -0.39 is 10.8 Å². The summed E-state index contributed by atoms with van der Waals surface area (Å²) < 4.78 is 10.6. The fraction of sp³-hybridized carbons (Fsp3) is 0.316. The second kappa shape index (κ2) is 8.33. The van der Waals surface area contributed by atoms with Crippen LogP contribution in [0.25, 0.3) is 0 Å². The Labute approximate surface area is 152 Å². The van der Waals surface area contributed by atoms with Gasteiger partial charge in [-0.2, -0.15) is 0 Å². The summed E-state index contributed by atoms with van der Waals surface area (Å²) in [5.41, 5.74) is 1.88. The van der Waals surface area contributed by atoms with Crippen LogP contribution >= 0.6 is 0 Å². The van der Waals surface area contributed by atoms with Gasteiger partial charge in [0, 0.05) is 0 Å². The normalized spacial score (nSPS) is 10.5. The molecule has 2 aromatic rings. The number of nitro groups is 1. The molecule has 0 aliphatic rings. The number of hydrogen-bond acceptors (Lipinski definition) is 5. The molecule has 0 fully saturated rings. The molecular formula is C19H22N2O5. The lowest BCUT2D eigenvalue weighted by Gasteiger charge is -2.15. The zero-order valence-electron chi connectivity index (χ0n) is 15.2. The van der Waals surface area contributed by atoms with Crippen molar-refractivity contribution in [1.82, 2.24) is 0 Å². The Hall–Kier alpha value is -3.09. The summed E-state index contributed by atoms with van der Waals surface area (Å²) >= 11 is 0. The third-order valence-corrected chi connectivity index (χ3v) is 3.83. The summed E-state index contributed by atoms with van der Waals surface area (Å²) in [4.78, 5) is 22.8.